The van der Waals surface area contributed by atoms with Crippen molar-refractivity contribution in [2.75, 3.05) is 5.32 Å². The van der Waals surface area contributed by atoms with E-state index in [0.29, 0.717) is 10.7 Å². The van der Waals surface area contributed by atoms with E-state index in [1.165, 1.54) is 5.56 Å². The van der Waals surface area contributed by atoms with Gasteiger partial charge < -0.3 is 11.1 Å². The summed E-state index contributed by atoms with van der Waals surface area (Å²) < 4.78 is 1.08. The Bertz CT molecular complexity index is 572. The Morgan fingerprint density at radius 1 is 1.33 bits per heavy atom. The van der Waals surface area contributed by atoms with Crippen molar-refractivity contribution in [3.63, 3.8) is 0 Å². The third-order valence-electron chi connectivity index (χ3n) is 2.45. The van der Waals surface area contributed by atoms with Gasteiger partial charge >= 0.3 is 0 Å². The summed E-state index contributed by atoms with van der Waals surface area (Å²) in [5, 5.41) is 3.31. The van der Waals surface area contributed by atoms with Gasteiger partial charge in [0.1, 0.15) is 4.99 Å². The Morgan fingerprint density at radius 3 is 2.83 bits per heavy atom. The number of hydrogen-bond acceptors (Lipinski definition) is 3. The van der Waals surface area contributed by atoms with Gasteiger partial charge in [-0.2, -0.15) is 0 Å². The Hall–Kier alpha value is -1.46. The molecule has 0 fully saturated rings. The molecule has 1 aromatic carbocycles. The lowest BCUT2D eigenvalue weighted by Crippen LogP contribution is -2.12. The number of anilines is 1. The molecule has 0 atom stereocenters. The highest BCUT2D eigenvalue weighted by Crippen LogP contribution is 2.17. The third kappa shape index (κ3) is 3.27. The molecule has 0 aliphatic heterocycles. The molecule has 0 unspecified atom stereocenters. The van der Waals surface area contributed by atoms with E-state index < -0.39 is 0 Å². The minimum atomic E-state index is 0.305. The van der Waals surface area contributed by atoms with Crippen molar-refractivity contribution in [2.24, 2.45) is 5.73 Å². The molecule has 0 spiro atoms. The minimum Gasteiger partial charge on any atom is -0.388 e. The van der Waals surface area contributed by atoms with Crippen molar-refractivity contribution in [3.05, 3.63) is 58.3 Å². The topological polar surface area (TPSA) is 50.9 Å². The van der Waals surface area contributed by atoms with Crippen LogP contribution >= 0.6 is 28.1 Å². The van der Waals surface area contributed by atoms with Gasteiger partial charge in [0.05, 0.1) is 5.69 Å². The van der Waals surface area contributed by atoms with Crippen molar-refractivity contribution < 1.29 is 0 Å². The molecule has 2 rings (SSSR count). The monoisotopic (exact) mass is 321 g/mol. The first-order valence-corrected chi connectivity index (χ1v) is 6.60. The predicted octanol–water partition coefficient (Wildman–Crippen LogP) is 3.09. The van der Waals surface area contributed by atoms with Crippen LogP contribution in [-0.4, -0.2) is 9.97 Å². The number of benzene rings is 1. The van der Waals surface area contributed by atoms with Crippen molar-refractivity contribution >= 4 is 38.8 Å². The van der Waals surface area contributed by atoms with E-state index in [4.69, 9.17) is 18.0 Å². The largest absolute Gasteiger partial charge is 0.388 e. The highest BCUT2D eigenvalue weighted by atomic mass is 79.9. The van der Waals surface area contributed by atoms with Gasteiger partial charge in [-0.25, -0.2) is 0 Å². The Morgan fingerprint density at radius 2 is 2.11 bits per heavy atom. The molecule has 0 amide bonds. The number of rotatable bonds is 4. The van der Waals surface area contributed by atoms with Crippen LogP contribution in [0.1, 0.15) is 11.3 Å². The van der Waals surface area contributed by atoms with Crippen molar-refractivity contribution in [3.8, 4) is 0 Å². The molecule has 1 aromatic heterocycles. The van der Waals surface area contributed by atoms with Crippen LogP contribution in [0.2, 0.25) is 0 Å². The van der Waals surface area contributed by atoms with Crippen molar-refractivity contribution in [2.45, 2.75) is 6.54 Å². The molecular formula is C13H12BrN3S. The van der Waals surface area contributed by atoms with Crippen molar-refractivity contribution in [1.29, 1.82) is 0 Å². The van der Waals surface area contributed by atoms with Gasteiger partial charge in [0, 0.05) is 22.9 Å². The van der Waals surface area contributed by atoms with E-state index in [0.717, 1.165) is 16.7 Å². The van der Waals surface area contributed by atoms with Gasteiger partial charge in [-0.05, 0) is 23.8 Å². The summed E-state index contributed by atoms with van der Waals surface area (Å²) in [4.78, 5) is 4.40. The number of halogens is 1. The quantitative estimate of drug-likeness (QED) is 0.850. The summed E-state index contributed by atoms with van der Waals surface area (Å²) in [7, 11) is 0. The first kappa shape index (κ1) is 13.0. The number of aromatic nitrogens is 1. The number of hydrogen-bond donors (Lipinski definition) is 2. The molecule has 2 aromatic rings. The molecule has 0 aliphatic carbocycles. The number of pyridine rings is 1. The second-order valence-corrected chi connectivity index (χ2v) is 5.03. The van der Waals surface area contributed by atoms with Crippen LogP contribution in [0.25, 0.3) is 0 Å². The molecule has 18 heavy (non-hydrogen) atoms. The van der Waals surface area contributed by atoms with Gasteiger partial charge in [0.2, 0.25) is 0 Å². The van der Waals surface area contributed by atoms with Crippen LogP contribution in [0, 0.1) is 0 Å². The van der Waals surface area contributed by atoms with Crippen LogP contribution in [0.4, 0.5) is 5.69 Å². The molecule has 0 radical (unpaired) electrons. The molecule has 3 nitrogen and oxygen atoms in total. The van der Waals surface area contributed by atoms with Crippen LogP contribution in [0.15, 0.2) is 47.1 Å². The fourth-order valence-corrected chi connectivity index (χ4v) is 2.05. The molecule has 0 saturated carbocycles. The fourth-order valence-electron chi connectivity index (χ4n) is 1.51. The fraction of sp³-hybridized carbons (Fsp3) is 0.0769. The first-order valence-electron chi connectivity index (χ1n) is 5.40. The van der Waals surface area contributed by atoms with Crippen molar-refractivity contribution in [1.82, 2.24) is 4.98 Å². The summed E-state index contributed by atoms with van der Waals surface area (Å²) in [6.45, 7) is 0.724. The Balaban J connectivity index is 2.09. The van der Waals surface area contributed by atoms with Crippen LogP contribution in [-0.2, 0) is 6.54 Å². The molecule has 0 bridgehead atoms. The zero-order valence-corrected chi connectivity index (χ0v) is 12.0. The van der Waals surface area contributed by atoms with Gasteiger partial charge in [0.15, 0.2) is 0 Å². The Labute approximate surface area is 120 Å². The zero-order valence-electron chi connectivity index (χ0n) is 9.56. The standard InChI is InChI=1S/C13H12BrN3S/c14-11-4-2-1-3-9(11)8-17-10-5-6-16-12(7-10)13(15)18/h1-7H,8H2,(H2,15,18)(H,16,17). The number of nitrogens with zero attached hydrogens (tertiary/aromatic N) is 1. The molecule has 0 aliphatic rings. The molecule has 1 heterocycles. The lowest BCUT2D eigenvalue weighted by atomic mass is 10.2. The summed E-state index contributed by atoms with van der Waals surface area (Å²) in [5.41, 5.74) is 8.31. The number of nitrogens with two attached hydrogens (primary N) is 1. The molecule has 3 N–H and O–H groups in total. The predicted molar refractivity (Wildman–Crippen MR) is 81.6 cm³/mol. The second-order valence-electron chi connectivity index (χ2n) is 3.74. The maximum Gasteiger partial charge on any atom is 0.122 e. The lowest BCUT2D eigenvalue weighted by Gasteiger charge is -2.08. The molecule has 5 heteroatoms. The van der Waals surface area contributed by atoms with Crippen LogP contribution in [0.3, 0.4) is 0 Å². The molecular weight excluding hydrogens is 310 g/mol. The molecule has 92 valence electrons. The summed E-state index contributed by atoms with van der Waals surface area (Å²) >= 11 is 8.41. The van der Waals surface area contributed by atoms with Crippen LogP contribution in [0.5, 0.6) is 0 Å². The highest BCUT2D eigenvalue weighted by Gasteiger charge is 2.01. The average molecular weight is 322 g/mol. The van der Waals surface area contributed by atoms with Gasteiger partial charge in [-0.15, -0.1) is 0 Å². The highest BCUT2D eigenvalue weighted by molar-refractivity contribution is 9.10. The summed E-state index contributed by atoms with van der Waals surface area (Å²) in [5.74, 6) is 0. The van der Waals surface area contributed by atoms with E-state index in [1.807, 2.05) is 30.3 Å². The van der Waals surface area contributed by atoms with E-state index in [2.05, 4.69) is 32.3 Å². The van der Waals surface area contributed by atoms with Crippen LogP contribution < -0.4 is 11.1 Å². The number of nitrogens with one attached hydrogen (secondary N) is 1. The van der Waals surface area contributed by atoms with E-state index >= 15 is 0 Å². The zero-order chi connectivity index (χ0) is 13.0. The number of thiocarbonyl (C=S) groups is 1. The normalized spacial score (nSPS) is 10.1. The SMILES string of the molecule is NC(=S)c1cc(NCc2ccccc2Br)ccn1. The maximum atomic E-state index is 5.55. The average Bonchev–Trinajstić information content (AvgIpc) is 2.38. The lowest BCUT2D eigenvalue weighted by molar-refractivity contribution is 1.13. The van der Waals surface area contributed by atoms with Gasteiger partial charge in [0.25, 0.3) is 0 Å². The maximum absolute atomic E-state index is 5.55. The van der Waals surface area contributed by atoms with Gasteiger partial charge in [-0.1, -0.05) is 46.3 Å². The summed E-state index contributed by atoms with van der Waals surface area (Å²) in [6.07, 6.45) is 1.69. The smallest absolute Gasteiger partial charge is 0.122 e. The third-order valence-corrected chi connectivity index (χ3v) is 3.44. The summed E-state index contributed by atoms with van der Waals surface area (Å²) in [6, 6.07) is 11.8. The van der Waals surface area contributed by atoms with E-state index in [1.54, 1.807) is 6.20 Å². The minimum absolute atomic E-state index is 0.305. The second kappa shape index (κ2) is 5.93. The van der Waals surface area contributed by atoms with E-state index in [9.17, 15) is 0 Å². The first-order chi connectivity index (χ1) is 8.66. The Kier molecular flexibility index (Phi) is 4.28. The van der Waals surface area contributed by atoms with E-state index in [-0.39, 0.29) is 0 Å². The molecule has 0 saturated heterocycles. The van der Waals surface area contributed by atoms with Gasteiger partial charge in [-0.3, -0.25) is 4.98 Å².